The Morgan fingerprint density at radius 2 is 1.71 bits per heavy atom. The van der Waals surface area contributed by atoms with Gasteiger partial charge in [0.2, 0.25) is 5.91 Å². The molecule has 1 aromatic heterocycles. The Kier molecular flexibility index (Phi) is 7.86. The van der Waals surface area contributed by atoms with E-state index >= 15 is 0 Å². The number of halogens is 4. The van der Waals surface area contributed by atoms with Crippen molar-refractivity contribution in [3.8, 4) is 5.75 Å². The van der Waals surface area contributed by atoms with Crippen molar-refractivity contribution in [3.05, 3.63) is 83.8 Å². The first-order valence-corrected chi connectivity index (χ1v) is 12.3. The summed E-state index contributed by atoms with van der Waals surface area (Å²) < 4.78 is 74.1. The zero-order valence-electron chi connectivity index (χ0n) is 18.9. The molecule has 0 bridgehead atoms. The van der Waals surface area contributed by atoms with Gasteiger partial charge in [-0.2, -0.15) is 21.6 Å². The molecule has 3 aromatic rings. The van der Waals surface area contributed by atoms with E-state index in [9.17, 15) is 26.4 Å². The van der Waals surface area contributed by atoms with Gasteiger partial charge in [-0.15, -0.1) is 11.6 Å². The van der Waals surface area contributed by atoms with E-state index in [2.05, 4.69) is 0 Å². The Morgan fingerprint density at radius 3 is 2.29 bits per heavy atom. The summed E-state index contributed by atoms with van der Waals surface area (Å²) >= 11 is 5.98. The quantitative estimate of drug-likeness (QED) is 0.256. The molecule has 0 aliphatic carbocycles. The number of amides is 1. The maximum atomic E-state index is 13.1. The maximum absolute atomic E-state index is 13.1. The second kappa shape index (κ2) is 10.3. The molecule has 0 spiro atoms. The van der Waals surface area contributed by atoms with Gasteiger partial charge in [0.25, 0.3) is 0 Å². The maximum Gasteiger partial charge on any atom is 0.416 e. The van der Waals surface area contributed by atoms with Gasteiger partial charge in [-0.3, -0.25) is 4.79 Å². The number of alkyl halides is 4. The standard InChI is InChI=1S/C24H23ClF3NO5S/c1-23(2,16-25)22(30)29(15-20-6-4-12-33-20)14-17-8-10-19(11-9-17)34-35(31,32)21-7-3-5-18(13-21)24(26,27)28/h3-13H,14-16H2,1-2H3. The molecule has 0 fully saturated rings. The van der Waals surface area contributed by atoms with E-state index in [1.165, 1.54) is 18.4 Å². The molecule has 11 heteroatoms. The lowest BCUT2D eigenvalue weighted by Gasteiger charge is -2.30. The minimum atomic E-state index is -4.69. The molecule has 0 atom stereocenters. The van der Waals surface area contributed by atoms with Crippen molar-refractivity contribution in [3.63, 3.8) is 0 Å². The van der Waals surface area contributed by atoms with Crippen LogP contribution >= 0.6 is 11.6 Å². The highest BCUT2D eigenvalue weighted by Crippen LogP contribution is 2.31. The van der Waals surface area contributed by atoms with Crippen LogP contribution in [0.4, 0.5) is 13.2 Å². The Bertz CT molecular complexity index is 1260. The lowest BCUT2D eigenvalue weighted by molar-refractivity contribution is -0.141. The highest BCUT2D eigenvalue weighted by molar-refractivity contribution is 7.87. The fourth-order valence-corrected chi connectivity index (χ4v) is 4.24. The van der Waals surface area contributed by atoms with Crippen LogP contribution in [0.5, 0.6) is 5.75 Å². The minimum absolute atomic E-state index is 0.0869. The minimum Gasteiger partial charge on any atom is -0.467 e. The van der Waals surface area contributed by atoms with Crippen LogP contribution in [0.1, 0.15) is 30.7 Å². The van der Waals surface area contributed by atoms with E-state index in [4.69, 9.17) is 20.2 Å². The molecule has 3 rings (SSSR count). The van der Waals surface area contributed by atoms with Crippen molar-refractivity contribution in [2.45, 2.75) is 38.0 Å². The predicted molar refractivity (Wildman–Crippen MR) is 123 cm³/mol. The van der Waals surface area contributed by atoms with Crippen LogP contribution in [-0.2, 0) is 34.2 Å². The average molecular weight is 530 g/mol. The number of carbonyl (C=O) groups is 1. The largest absolute Gasteiger partial charge is 0.467 e. The number of furan rings is 1. The van der Waals surface area contributed by atoms with Gasteiger partial charge in [0.05, 0.1) is 23.8 Å². The number of hydrogen-bond donors (Lipinski definition) is 0. The molecule has 188 valence electrons. The number of rotatable bonds is 9. The first kappa shape index (κ1) is 26.6. The molecule has 0 aliphatic rings. The molecule has 0 unspecified atom stereocenters. The third kappa shape index (κ3) is 6.79. The second-order valence-electron chi connectivity index (χ2n) is 8.47. The third-order valence-electron chi connectivity index (χ3n) is 5.08. The van der Waals surface area contributed by atoms with Crippen molar-refractivity contribution in [2.24, 2.45) is 5.41 Å². The molecule has 0 N–H and O–H groups in total. The zero-order valence-corrected chi connectivity index (χ0v) is 20.5. The van der Waals surface area contributed by atoms with Crippen LogP contribution in [0.15, 0.2) is 76.2 Å². The van der Waals surface area contributed by atoms with Crippen molar-refractivity contribution < 1.29 is 35.0 Å². The number of carbonyl (C=O) groups excluding carboxylic acids is 1. The van der Waals surface area contributed by atoms with E-state index in [0.29, 0.717) is 17.4 Å². The van der Waals surface area contributed by atoms with Gasteiger partial charge in [0, 0.05) is 12.4 Å². The second-order valence-corrected chi connectivity index (χ2v) is 10.3. The van der Waals surface area contributed by atoms with Crippen LogP contribution in [0.2, 0.25) is 0 Å². The molecule has 0 saturated carbocycles. The fourth-order valence-electron chi connectivity index (χ4n) is 3.15. The highest BCUT2D eigenvalue weighted by Gasteiger charge is 2.33. The van der Waals surface area contributed by atoms with Crippen LogP contribution in [0.25, 0.3) is 0 Å². The van der Waals surface area contributed by atoms with Crippen molar-refractivity contribution >= 4 is 27.6 Å². The Labute approximate surface area is 206 Å². The van der Waals surface area contributed by atoms with E-state index in [-0.39, 0.29) is 30.6 Å². The van der Waals surface area contributed by atoms with Gasteiger partial charge < -0.3 is 13.5 Å². The topological polar surface area (TPSA) is 76.8 Å². The Morgan fingerprint density at radius 1 is 1.03 bits per heavy atom. The molecule has 1 amide bonds. The molecule has 0 saturated heterocycles. The van der Waals surface area contributed by atoms with Crippen molar-refractivity contribution in [1.82, 2.24) is 4.90 Å². The first-order valence-electron chi connectivity index (χ1n) is 10.4. The SMILES string of the molecule is CC(C)(CCl)C(=O)N(Cc1ccc(OS(=O)(=O)c2cccc(C(F)(F)F)c2)cc1)Cc1ccco1. The van der Waals surface area contributed by atoms with Crippen molar-refractivity contribution in [2.75, 3.05) is 5.88 Å². The van der Waals surface area contributed by atoms with Gasteiger partial charge in [0.15, 0.2) is 0 Å². The summed E-state index contributed by atoms with van der Waals surface area (Å²) in [6.45, 7) is 3.84. The number of hydrogen-bond acceptors (Lipinski definition) is 5. The highest BCUT2D eigenvalue weighted by atomic mass is 35.5. The molecule has 2 aromatic carbocycles. The lowest BCUT2D eigenvalue weighted by Crippen LogP contribution is -2.41. The summed E-state index contributed by atoms with van der Waals surface area (Å²) in [5, 5.41) is 0. The van der Waals surface area contributed by atoms with E-state index < -0.39 is 32.2 Å². The predicted octanol–water partition coefficient (Wildman–Crippen LogP) is 5.86. The van der Waals surface area contributed by atoms with Gasteiger partial charge in [0.1, 0.15) is 16.4 Å². The summed E-state index contributed by atoms with van der Waals surface area (Å²) in [6.07, 6.45) is -3.19. The summed E-state index contributed by atoms with van der Waals surface area (Å²) in [6, 6.07) is 12.6. The Balaban J connectivity index is 1.77. The molecule has 0 aliphatic heterocycles. The number of nitrogens with zero attached hydrogens (tertiary/aromatic N) is 1. The molecule has 0 radical (unpaired) electrons. The summed E-state index contributed by atoms with van der Waals surface area (Å²) in [4.78, 5) is 14.0. The van der Waals surface area contributed by atoms with Crippen LogP contribution < -0.4 is 4.18 Å². The van der Waals surface area contributed by atoms with Crippen molar-refractivity contribution in [1.29, 1.82) is 0 Å². The van der Waals surface area contributed by atoms with Crippen LogP contribution in [0, 0.1) is 5.41 Å². The molecular formula is C24H23ClF3NO5S. The number of benzene rings is 2. The van der Waals surface area contributed by atoms with Gasteiger partial charge in [-0.05, 0) is 61.9 Å². The average Bonchev–Trinajstić information content (AvgIpc) is 3.32. The smallest absolute Gasteiger partial charge is 0.416 e. The third-order valence-corrected chi connectivity index (χ3v) is 6.99. The molecular weight excluding hydrogens is 507 g/mol. The summed E-state index contributed by atoms with van der Waals surface area (Å²) in [7, 11) is -4.49. The van der Waals surface area contributed by atoms with E-state index in [0.717, 1.165) is 18.2 Å². The monoisotopic (exact) mass is 529 g/mol. The molecule has 35 heavy (non-hydrogen) atoms. The summed E-state index contributed by atoms with van der Waals surface area (Å²) in [5.41, 5.74) is -1.26. The van der Waals surface area contributed by atoms with Gasteiger partial charge >= 0.3 is 16.3 Å². The zero-order chi connectivity index (χ0) is 25.9. The van der Waals surface area contributed by atoms with E-state index in [1.807, 2.05) is 0 Å². The van der Waals surface area contributed by atoms with E-state index in [1.54, 1.807) is 43.0 Å². The van der Waals surface area contributed by atoms with Crippen LogP contribution in [0.3, 0.4) is 0 Å². The normalized spacial score (nSPS) is 12.4. The molecule has 6 nitrogen and oxygen atoms in total. The van der Waals surface area contributed by atoms with Crippen LogP contribution in [-0.4, -0.2) is 25.1 Å². The molecule has 1 heterocycles. The van der Waals surface area contributed by atoms with Gasteiger partial charge in [-0.1, -0.05) is 18.2 Å². The Hall–Kier alpha value is -2.98. The van der Waals surface area contributed by atoms with Gasteiger partial charge in [-0.25, -0.2) is 0 Å². The summed E-state index contributed by atoms with van der Waals surface area (Å²) in [5.74, 6) is 0.407. The first-order chi connectivity index (χ1) is 16.3. The lowest BCUT2D eigenvalue weighted by atomic mass is 9.94. The fraction of sp³-hybridized carbons (Fsp3) is 0.292.